The largest absolute Gasteiger partial charge is 0.340 e. The monoisotopic (exact) mass is 324 g/mol. The summed E-state index contributed by atoms with van der Waals surface area (Å²) < 4.78 is 23.3. The number of hydrogen-bond donors (Lipinski definition) is 1. The summed E-state index contributed by atoms with van der Waals surface area (Å²) >= 11 is 0. The van der Waals surface area contributed by atoms with Gasteiger partial charge in [-0.2, -0.15) is 8.42 Å². The van der Waals surface area contributed by atoms with Gasteiger partial charge in [0.15, 0.2) is 0 Å². The predicted molar refractivity (Wildman–Crippen MR) is 92.8 cm³/mol. The van der Waals surface area contributed by atoms with E-state index in [0.29, 0.717) is 11.3 Å². The number of aliphatic imine (C=N–C) groups is 1. The molecule has 1 heterocycles. The maximum Gasteiger partial charge on any atom is 0.215 e. The molecule has 1 atom stereocenters. The standard InChI is InChI=1S/C18H16N2O2S/c1-11-5-7-13(8-6-11)18-19-14-4-2-3-12-9-10-15(23(21)22)17(20-18)16(12)14/h2-8,17H,9-10H2,1H3,(H,19,20). The van der Waals surface area contributed by atoms with Gasteiger partial charge in [-0.1, -0.05) is 42.0 Å². The zero-order valence-corrected chi connectivity index (χ0v) is 13.5. The molecule has 116 valence electrons. The van der Waals surface area contributed by atoms with Gasteiger partial charge in [0.05, 0.1) is 4.86 Å². The third kappa shape index (κ3) is 2.37. The smallest absolute Gasteiger partial charge is 0.215 e. The van der Waals surface area contributed by atoms with E-state index >= 15 is 0 Å². The van der Waals surface area contributed by atoms with Gasteiger partial charge in [0.25, 0.3) is 0 Å². The minimum Gasteiger partial charge on any atom is -0.340 e. The topological polar surface area (TPSA) is 58.5 Å². The van der Waals surface area contributed by atoms with Crippen LogP contribution in [0.1, 0.15) is 34.7 Å². The Labute approximate surface area is 136 Å². The van der Waals surface area contributed by atoms with Crippen molar-refractivity contribution in [3.05, 3.63) is 64.7 Å². The fraction of sp³-hybridized carbons (Fsp3) is 0.222. The van der Waals surface area contributed by atoms with Crippen LogP contribution in [0.3, 0.4) is 0 Å². The summed E-state index contributed by atoms with van der Waals surface area (Å²) in [4.78, 5) is 5.21. The molecule has 0 fully saturated rings. The van der Waals surface area contributed by atoms with Crippen LogP contribution in [0, 0.1) is 6.92 Å². The molecule has 0 radical (unpaired) electrons. The van der Waals surface area contributed by atoms with Gasteiger partial charge >= 0.3 is 0 Å². The van der Waals surface area contributed by atoms with Crippen molar-refractivity contribution in [1.29, 1.82) is 0 Å². The minimum absolute atomic E-state index is 0.397. The summed E-state index contributed by atoms with van der Waals surface area (Å²) in [5.74, 6) is 0.726. The molecule has 0 spiro atoms. The fourth-order valence-electron chi connectivity index (χ4n) is 3.28. The first kappa shape index (κ1) is 14.2. The maximum atomic E-state index is 11.6. The van der Waals surface area contributed by atoms with Gasteiger partial charge in [-0.05, 0) is 31.4 Å². The summed E-state index contributed by atoms with van der Waals surface area (Å²) in [5, 5.41) is 3.37. The molecule has 0 saturated heterocycles. The number of anilines is 1. The van der Waals surface area contributed by atoms with Gasteiger partial charge < -0.3 is 5.32 Å². The molecule has 0 amide bonds. The van der Waals surface area contributed by atoms with Crippen molar-refractivity contribution in [1.82, 2.24) is 0 Å². The molecule has 0 aromatic heterocycles. The highest BCUT2D eigenvalue weighted by atomic mass is 32.2. The molecule has 5 heteroatoms. The van der Waals surface area contributed by atoms with E-state index in [0.717, 1.165) is 29.1 Å². The van der Waals surface area contributed by atoms with Crippen molar-refractivity contribution in [2.75, 3.05) is 5.32 Å². The molecule has 1 aliphatic heterocycles. The van der Waals surface area contributed by atoms with Crippen LogP contribution in [0.2, 0.25) is 0 Å². The number of nitrogens with zero attached hydrogens (tertiary/aromatic N) is 1. The van der Waals surface area contributed by atoms with E-state index in [2.05, 4.69) is 11.4 Å². The van der Waals surface area contributed by atoms with Crippen LogP contribution in [0.5, 0.6) is 0 Å². The number of amidine groups is 1. The van der Waals surface area contributed by atoms with E-state index in [9.17, 15) is 8.42 Å². The molecule has 2 aromatic carbocycles. The number of hydrogen-bond acceptors (Lipinski definition) is 4. The Morgan fingerprint density at radius 2 is 1.87 bits per heavy atom. The Balaban J connectivity index is 1.91. The SMILES string of the molecule is Cc1ccc(C2=NC3C(=S(=O)=O)CCc4cccc(c43)N2)cc1. The van der Waals surface area contributed by atoms with Crippen molar-refractivity contribution in [3.63, 3.8) is 0 Å². The van der Waals surface area contributed by atoms with Crippen molar-refractivity contribution < 1.29 is 8.42 Å². The summed E-state index contributed by atoms with van der Waals surface area (Å²) in [7, 11) is -2.21. The van der Waals surface area contributed by atoms with Crippen molar-refractivity contribution in [2.24, 2.45) is 4.99 Å². The average Bonchev–Trinajstić information content (AvgIpc) is 2.55. The van der Waals surface area contributed by atoms with Crippen LogP contribution in [-0.4, -0.2) is 19.1 Å². The van der Waals surface area contributed by atoms with Gasteiger partial charge in [0, 0.05) is 16.8 Å². The molecule has 1 unspecified atom stereocenters. The first-order valence-electron chi connectivity index (χ1n) is 7.62. The summed E-state index contributed by atoms with van der Waals surface area (Å²) in [6, 6.07) is 13.7. The van der Waals surface area contributed by atoms with Crippen molar-refractivity contribution in [3.8, 4) is 0 Å². The van der Waals surface area contributed by atoms with Gasteiger partial charge in [-0.25, -0.2) is 0 Å². The fourth-order valence-corrected chi connectivity index (χ4v) is 3.90. The second-order valence-electron chi connectivity index (χ2n) is 5.95. The third-order valence-corrected chi connectivity index (χ3v) is 5.32. The molecule has 2 aromatic rings. The molecule has 1 N–H and O–H groups in total. The molecule has 4 nitrogen and oxygen atoms in total. The predicted octanol–water partition coefficient (Wildman–Crippen LogP) is 2.91. The number of nitrogens with one attached hydrogen (secondary N) is 1. The summed E-state index contributed by atoms with van der Waals surface area (Å²) in [5.41, 5.74) is 5.29. The van der Waals surface area contributed by atoms with Crippen molar-refractivity contribution in [2.45, 2.75) is 25.8 Å². The lowest BCUT2D eigenvalue weighted by molar-refractivity contribution is 0.625. The zero-order valence-electron chi connectivity index (χ0n) is 12.7. The van der Waals surface area contributed by atoms with Gasteiger partial charge in [0.1, 0.15) is 11.9 Å². The first-order chi connectivity index (χ1) is 11.1. The van der Waals surface area contributed by atoms with E-state index in [1.807, 2.05) is 43.3 Å². The van der Waals surface area contributed by atoms with Crippen LogP contribution in [-0.2, 0) is 16.7 Å². The molecule has 2 aliphatic rings. The van der Waals surface area contributed by atoms with Gasteiger partial charge in [-0.15, -0.1) is 0 Å². The Bertz CT molecular complexity index is 949. The van der Waals surface area contributed by atoms with E-state index in [4.69, 9.17) is 4.99 Å². The van der Waals surface area contributed by atoms with E-state index in [-0.39, 0.29) is 0 Å². The molecular weight excluding hydrogens is 308 g/mol. The quantitative estimate of drug-likeness (QED) is 0.821. The first-order valence-corrected chi connectivity index (χ1v) is 8.69. The van der Waals surface area contributed by atoms with Crippen molar-refractivity contribution >= 4 is 26.7 Å². The highest BCUT2D eigenvalue weighted by molar-refractivity contribution is 7.73. The second-order valence-corrected chi connectivity index (χ2v) is 6.94. The number of rotatable bonds is 1. The molecule has 0 saturated carbocycles. The lowest BCUT2D eigenvalue weighted by Crippen LogP contribution is -2.29. The molecule has 4 rings (SSSR count). The second kappa shape index (κ2) is 5.35. The Morgan fingerprint density at radius 1 is 1.09 bits per heavy atom. The summed E-state index contributed by atoms with van der Waals surface area (Å²) in [6.07, 6.45) is 1.29. The van der Waals surface area contributed by atoms with Crippen LogP contribution < -0.4 is 5.32 Å². The van der Waals surface area contributed by atoms with Gasteiger partial charge in [0.2, 0.25) is 10.3 Å². The maximum absolute atomic E-state index is 11.6. The van der Waals surface area contributed by atoms with Crippen LogP contribution in [0.15, 0.2) is 47.5 Å². The molecule has 1 aliphatic carbocycles. The Kier molecular flexibility index (Phi) is 3.31. The van der Waals surface area contributed by atoms with Crippen LogP contribution in [0.25, 0.3) is 0 Å². The highest BCUT2D eigenvalue weighted by Crippen LogP contribution is 2.39. The molecule has 0 bridgehead atoms. The van der Waals surface area contributed by atoms with E-state index in [1.54, 1.807) is 0 Å². The number of benzene rings is 2. The highest BCUT2D eigenvalue weighted by Gasteiger charge is 2.32. The van der Waals surface area contributed by atoms with Crippen LogP contribution in [0.4, 0.5) is 5.69 Å². The third-order valence-electron chi connectivity index (χ3n) is 4.47. The molecule has 23 heavy (non-hydrogen) atoms. The number of aryl methyl sites for hydroxylation is 2. The normalized spacial score (nSPS) is 18.7. The van der Waals surface area contributed by atoms with Crippen LogP contribution >= 0.6 is 0 Å². The summed E-state index contributed by atoms with van der Waals surface area (Å²) in [6.45, 7) is 2.04. The zero-order chi connectivity index (χ0) is 16.0. The van der Waals surface area contributed by atoms with Gasteiger partial charge in [-0.3, -0.25) is 4.99 Å². The Morgan fingerprint density at radius 3 is 2.61 bits per heavy atom. The lowest BCUT2D eigenvalue weighted by Gasteiger charge is -2.31. The Hall–Kier alpha value is -2.40. The minimum atomic E-state index is -2.21. The average molecular weight is 324 g/mol. The lowest BCUT2D eigenvalue weighted by atomic mass is 9.85. The van der Waals surface area contributed by atoms with E-state index in [1.165, 1.54) is 11.1 Å². The van der Waals surface area contributed by atoms with E-state index < -0.39 is 16.3 Å². The molecular formula is C18H16N2O2S.